The average molecular weight is 898 g/mol. The molecule has 0 bridgehead atoms. The lowest BCUT2D eigenvalue weighted by Crippen LogP contribution is -2.11. The Balaban J connectivity index is 0.000000406. The van der Waals surface area contributed by atoms with E-state index in [1.54, 1.807) is 72.8 Å². The Bertz CT molecular complexity index is 1580. The van der Waals surface area contributed by atoms with E-state index < -0.39 is 14.6 Å². The van der Waals surface area contributed by atoms with Gasteiger partial charge in [0, 0.05) is 26.5 Å². The van der Waals surface area contributed by atoms with Gasteiger partial charge < -0.3 is 37.6 Å². The number of ether oxygens (including phenoxy) is 4. The molecule has 282 valence electrons. The van der Waals surface area contributed by atoms with Crippen molar-refractivity contribution in [2.75, 3.05) is 46.2 Å². The van der Waals surface area contributed by atoms with Crippen LogP contribution in [0.2, 0.25) is 40.2 Å². The highest BCUT2D eigenvalue weighted by atomic mass is 35.5. The van der Waals surface area contributed by atoms with E-state index in [-0.39, 0.29) is 46.1 Å². The molecule has 0 spiro atoms. The Labute approximate surface area is 342 Å². The zero-order chi connectivity index (χ0) is 37.9. The summed E-state index contributed by atoms with van der Waals surface area (Å²) in [4.78, 5) is 10.2. The highest BCUT2D eigenvalue weighted by Crippen LogP contribution is 2.40. The Morgan fingerprint density at radius 3 is 1.02 bits per heavy atom. The van der Waals surface area contributed by atoms with Crippen molar-refractivity contribution in [3.05, 3.63) is 113 Å². The minimum Gasteiger partial charge on any atom is -0.492 e. The first-order chi connectivity index (χ1) is 24.9. The smallest absolute Gasteiger partial charge is 0.333 e. The Kier molecular flexibility index (Phi) is 21.1. The molecule has 0 heterocycles. The molecule has 0 aliphatic rings. The molecule has 1 N–H and O–H groups in total. The van der Waals surface area contributed by atoms with Gasteiger partial charge in [0.1, 0.15) is 42.8 Å². The maximum atomic E-state index is 10.2. The zero-order valence-corrected chi connectivity index (χ0v) is 33.9. The van der Waals surface area contributed by atoms with Gasteiger partial charge in [0.2, 0.25) is 0 Å². The minimum atomic E-state index is -1.74. The quantitative estimate of drug-likeness (QED) is 0.0686. The number of halogens is 8. The lowest BCUT2D eigenvalue weighted by molar-refractivity contribution is -0.137. The molecule has 0 atom stereocenters. The summed E-state index contributed by atoms with van der Waals surface area (Å²) in [5, 5.41) is 12.1. The van der Waals surface area contributed by atoms with Crippen LogP contribution in [0, 0.1) is 0 Å². The molecular weight excluding hydrogens is 867 g/mol. The molecule has 0 unspecified atom stereocenters. The van der Waals surface area contributed by atoms with E-state index in [0.29, 0.717) is 76.2 Å². The molecule has 4 rings (SSSR count). The molecule has 0 saturated carbocycles. The Morgan fingerprint density at radius 1 is 0.462 bits per heavy atom. The molecule has 0 aliphatic heterocycles. The summed E-state index contributed by atoms with van der Waals surface area (Å²) in [6, 6.07) is 19.8. The molecule has 0 amide bonds. The largest absolute Gasteiger partial charge is 0.492 e. The molecule has 0 radical (unpaired) electrons. The minimum absolute atomic E-state index is 0.0885. The van der Waals surface area contributed by atoms with Crippen LogP contribution in [0.25, 0.3) is 0 Å². The summed E-state index contributed by atoms with van der Waals surface area (Å²) in [5.41, 5.74) is 0. The first-order valence-corrected chi connectivity index (χ1v) is 19.2. The molecular formula is C34H31Cl8O9P. The van der Waals surface area contributed by atoms with Crippen LogP contribution in [-0.2, 0) is 18.4 Å². The average Bonchev–Trinajstić information content (AvgIpc) is 3.08. The third-order valence-corrected chi connectivity index (χ3v) is 9.28. The topological polar surface area (TPSA) is 102 Å². The van der Waals surface area contributed by atoms with Crippen LogP contribution in [0.1, 0.15) is 12.8 Å². The van der Waals surface area contributed by atoms with Crippen LogP contribution >= 0.6 is 101 Å². The maximum absolute atomic E-state index is 10.2. The normalized spacial score (nSPS) is 10.8. The maximum Gasteiger partial charge on any atom is 0.333 e. The van der Waals surface area contributed by atoms with E-state index >= 15 is 0 Å². The van der Waals surface area contributed by atoms with Crippen molar-refractivity contribution in [1.82, 2.24) is 0 Å². The molecule has 4 aromatic rings. The molecule has 0 aliphatic carbocycles. The van der Waals surface area contributed by atoms with E-state index in [0.717, 1.165) is 0 Å². The molecule has 0 aromatic heterocycles. The van der Waals surface area contributed by atoms with Crippen LogP contribution in [0.15, 0.2) is 72.8 Å². The number of carboxylic acid groups (broad SMARTS) is 1. The van der Waals surface area contributed by atoms with Crippen molar-refractivity contribution in [2.45, 2.75) is 12.8 Å². The van der Waals surface area contributed by atoms with Crippen LogP contribution in [0.3, 0.4) is 0 Å². The van der Waals surface area contributed by atoms with Gasteiger partial charge in [0.05, 0.1) is 46.5 Å². The predicted octanol–water partition coefficient (Wildman–Crippen LogP) is 12.7. The van der Waals surface area contributed by atoms with Gasteiger partial charge >= 0.3 is 14.6 Å². The highest BCUT2D eigenvalue weighted by Gasteiger charge is 2.15. The molecule has 0 saturated heterocycles. The van der Waals surface area contributed by atoms with Crippen molar-refractivity contribution in [3.63, 3.8) is 0 Å². The van der Waals surface area contributed by atoms with Gasteiger partial charge in [-0.25, -0.2) is 0 Å². The van der Waals surface area contributed by atoms with Crippen molar-refractivity contribution in [3.8, 4) is 23.0 Å². The van der Waals surface area contributed by atoms with Crippen LogP contribution < -0.4 is 18.9 Å². The Morgan fingerprint density at radius 2 is 0.750 bits per heavy atom. The van der Waals surface area contributed by atoms with Gasteiger partial charge in [0.15, 0.2) is 0 Å². The lowest BCUT2D eigenvalue weighted by Gasteiger charge is -2.18. The van der Waals surface area contributed by atoms with Crippen molar-refractivity contribution < 1.29 is 42.4 Å². The van der Waals surface area contributed by atoms with Crippen LogP contribution in [-0.4, -0.2) is 57.3 Å². The summed E-state index contributed by atoms with van der Waals surface area (Å²) >= 11 is 47.6. The second-order valence-electron chi connectivity index (χ2n) is 9.91. The van der Waals surface area contributed by atoms with Crippen LogP contribution in [0.5, 0.6) is 23.0 Å². The number of rotatable bonds is 20. The second kappa shape index (κ2) is 24.6. The van der Waals surface area contributed by atoms with Crippen molar-refractivity contribution in [1.29, 1.82) is 0 Å². The summed E-state index contributed by atoms with van der Waals surface area (Å²) in [7, 11) is -1.74. The first kappa shape index (κ1) is 44.6. The fraction of sp³-hybridized carbons (Fsp3) is 0.265. The third-order valence-electron chi connectivity index (χ3n) is 5.98. The van der Waals surface area contributed by atoms with Gasteiger partial charge in [-0.3, -0.25) is 4.79 Å². The number of aliphatic carboxylic acids is 1. The standard InChI is InChI=1S/C24H21Cl6O6P.C10H10Cl2O3/c25-16-1-4-22(19(28)13-16)31-7-10-34-37(35-11-8-32-23-5-2-17(26)14-20(23)29)36-12-9-33-24-6-3-18(27)15-21(24)30;11-7-3-4-9(8(12)6-7)15-5-1-2-10(13)14/h1-6,13-15H,7-12H2;3-4,6H,1-2,5H2,(H,13,14). The molecule has 9 nitrogen and oxygen atoms in total. The first-order valence-electron chi connectivity index (χ1n) is 15.1. The zero-order valence-electron chi connectivity index (χ0n) is 27.0. The molecule has 52 heavy (non-hydrogen) atoms. The van der Waals surface area contributed by atoms with Gasteiger partial charge in [-0.15, -0.1) is 0 Å². The van der Waals surface area contributed by atoms with E-state index in [9.17, 15) is 4.79 Å². The second-order valence-corrected chi connectivity index (χ2v) is 14.5. The van der Waals surface area contributed by atoms with Gasteiger partial charge in [0.25, 0.3) is 0 Å². The van der Waals surface area contributed by atoms with E-state index in [1.807, 2.05) is 0 Å². The van der Waals surface area contributed by atoms with Gasteiger partial charge in [-0.05, 0) is 79.2 Å². The third kappa shape index (κ3) is 17.5. The summed E-state index contributed by atoms with van der Waals surface area (Å²) in [5.74, 6) is 1.15. The van der Waals surface area contributed by atoms with Gasteiger partial charge in [-0.2, -0.15) is 0 Å². The van der Waals surface area contributed by atoms with E-state index in [2.05, 4.69) is 0 Å². The summed E-state index contributed by atoms with van der Waals surface area (Å²) in [6.45, 7) is 1.49. The SMILES string of the molecule is Clc1ccc(OCCOP(OCCOc2ccc(Cl)cc2Cl)OCCOc2ccc(Cl)cc2Cl)c(Cl)c1.O=C(O)CCCOc1ccc(Cl)cc1Cl. The van der Waals surface area contributed by atoms with Crippen molar-refractivity contribution in [2.24, 2.45) is 0 Å². The number of carboxylic acids is 1. The number of hydrogen-bond acceptors (Lipinski definition) is 8. The fourth-order valence-corrected chi connectivity index (χ4v) is 6.42. The van der Waals surface area contributed by atoms with E-state index in [1.165, 1.54) is 0 Å². The summed E-state index contributed by atoms with van der Waals surface area (Å²) in [6.07, 6.45) is 0.541. The number of hydrogen-bond donors (Lipinski definition) is 1. The Hall–Kier alpha value is -1.82. The number of benzene rings is 4. The fourth-order valence-electron chi connectivity index (χ4n) is 3.68. The van der Waals surface area contributed by atoms with Crippen LogP contribution in [0.4, 0.5) is 0 Å². The van der Waals surface area contributed by atoms with Gasteiger partial charge in [-0.1, -0.05) is 92.8 Å². The molecule has 4 aromatic carbocycles. The predicted molar refractivity (Wildman–Crippen MR) is 209 cm³/mol. The van der Waals surface area contributed by atoms with Crippen molar-refractivity contribution >= 4 is 107 Å². The highest BCUT2D eigenvalue weighted by molar-refractivity contribution is 7.41. The summed E-state index contributed by atoms with van der Waals surface area (Å²) < 4.78 is 39.4. The molecule has 18 heteroatoms. The molecule has 0 fully saturated rings. The monoisotopic (exact) mass is 894 g/mol. The lowest BCUT2D eigenvalue weighted by atomic mass is 10.3. The number of carbonyl (C=O) groups is 1. The van der Waals surface area contributed by atoms with E-state index in [4.69, 9.17) is 130 Å².